The SMILES string of the molecule is CC(C)NC(=O)CNC(=O)COC(=O)[C@@H](NC(=O)C12CC3CC(CC(C3)C1)C2)C(C)C. The maximum absolute atomic E-state index is 13.3. The van der Waals surface area contributed by atoms with E-state index in [1.165, 1.54) is 19.3 Å². The third kappa shape index (κ3) is 5.77. The van der Waals surface area contributed by atoms with Crippen molar-refractivity contribution in [3.63, 3.8) is 0 Å². The first kappa shape index (κ1) is 23.5. The van der Waals surface area contributed by atoms with Crippen molar-refractivity contribution < 1.29 is 23.9 Å². The summed E-state index contributed by atoms with van der Waals surface area (Å²) in [4.78, 5) is 49.4. The lowest BCUT2D eigenvalue weighted by molar-refractivity contribution is -0.157. The van der Waals surface area contributed by atoms with E-state index in [1.807, 2.05) is 27.7 Å². The molecule has 0 unspecified atom stereocenters. The Morgan fingerprint density at radius 1 is 0.871 bits per heavy atom. The average Bonchev–Trinajstić information content (AvgIpc) is 2.66. The Morgan fingerprint density at radius 2 is 1.42 bits per heavy atom. The highest BCUT2D eigenvalue weighted by Crippen LogP contribution is 2.60. The first-order chi connectivity index (χ1) is 14.6. The Kier molecular flexibility index (Phi) is 7.27. The van der Waals surface area contributed by atoms with E-state index in [9.17, 15) is 19.2 Å². The van der Waals surface area contributed by atoms with Crippen molar-refractivity contribution in [2.24, 2.45) is 29.1 Å². The van der Waals surface area contributed by atoms with E-state index in [-0.39, 0.29) is 35.7 Å². The summed E-state index contributed by atoms with van der Waals surface area (Å²) in [5.41, 5.74) is -0.344. The van der Waals surface area contributed by atoms with Crippen molar-refractivity contribution >= 4 is 23.7 Å². The molecule has 0 spiro atoms. The topological polar surface area (TPSA) is 114 Å². The lowest BCUT2D eigenvalue weighted by Gasteiger charge is -2.55. The minimum Gasteiger partial charge on any atom is -0.454 e. The molecule has 3 N–H and O–H groups in total. The quantitative estimate of drug-likeness (QED) is 0.475. The summed E-state index contributed by atoms with van der Waals surface area (Å²) in [5, 5.41) is 8.05. The van der Waals surface area contributed by atoms with Gasteiger partial charge in [-0.3, -0.25) is 14.4 Å². The molecule has 4 rings (SSSR count). The Hall–Kier alpha value is -2.12. The van der Waals surface area contributed by atoms with Gasteiger partial charge >= 0.3 is 5.97 Å². The van der Waals surface area contributed by atoms with E-state index in [2.05, 4.69) is 16.0 Å². The zero-order valence-electron chi connectivity index (χ0n) is 19.2. The van der Waals surface area contributed by atoms with Crippen LogP contribution in [0.3, 0.4) is 0 Å². The zero-order valence-corrected chi connectivity index (χ0v) is 19.2. The van der Waals surface area contributed by atoms with Gasteiger partial charge in [-0.05, 0) is 76.0 Å². The predicted molar refractivity (Wildman–Crippen MR) is 115 cm³/mol. The number of nitrogens with one attached hydrogen (secondary N) is 3. The van der Waals surface area contributed by atoms with E-state index in [0.717, 1.165) is 19.3 Å². The monoisotopic (exact) mass is 435 g/mol. The van der Waals surface area contributed by atoms with Crippen LogP contribution in [-0.2, 0) is 23.9 Å². The van der Waals surface area contributed by atoms with Gasteiger partial charge in [-0.15, -0.1) is 0 Å². The molecule has 8 nitrogen and oxygen atoms in total. The van der Waals surface area contributed by atoms with Gasteiger partial charge in [-0.1, -0.05) is 13.8 Å². The first-order valence-corrected chi connectivity index (χ1v) is 11.6. The lowest BCUT2D eigenvalue weighted by Crippen LogP contribution is -2.57. The third-order valence-electron chi connectivity index (χ3n) is 6.97. The molecule has 0 aromatic carbocycles. The second-order valence-corrected chi connectivity index (χ2v) is 10.5. The van der Waals surface area contributed by atoms with E-state index >= 15 is 0 Å². The molecule has 0 radical (unpaired) electrons. The summed E-state index contributed by atoms with van der Waals surface area (Å²) >= 11 is 0. The van der Waals surface area contributed by atoms with Crippen LogP contribution >= 0.6 is 0 Å². The van der Waals surface area contributed by atoms with Crippen LogP contribution in [0.25, 0.3) is 0 Å². The Balaban J connectivity index is 1.50. The first-order valence-electron chi connectivity index (χ1n) is 11.6. The van der Waals surface area contributed by atoms with Crippen molar-refractivity contribution in [1.82, 2.24) is 16.0 Å². The molecule has 1 atom stereocenters. The number of ether oxygens (including phenoxy) is 1. The van der Waals surface area contributed by atoms with Crippen LogP contribution in [-0.4, -0.2) is 48.9 Å². The molecule has 4 bridgehead atoms. The van der Waals surface area contributed by atoms with Crippen LogP contribution in [0, 0.1) is 29.1 Å². The fourth-order valence-electron chi connectivity index (χ4n) is 6.01. The second-order valence-electron chi connectivity index (χ2n) is 10.5. The number of hydrogen-bond donors (Lipinski definition) is 3. The van der Waals surface area contributed by atoms with Crippen LogP contribution < -0.4 is 16.0 Å². The molecule has 4 aliphatic rings. The maximum atomic E-state index is 13.3. The van der Waals surface area contributed by atoms with Crippen molar-refractivity contribution in [2.45, 2.75) is 78.3 Å². The third-order valence-corrected chi connectivity index (χ3v) is 6.97. The molecule has 8 heteroatoms. The lowest BCUT2D eigenvalue weighted by atomic mass is 9.49. The zero-order chi connectivity index (χ0) is 22.8. The average molecular weight is 436 g/mol. The van der Waals surface area contributed by atoms with Gasteiger partial charge in [-0.2, -0.15) is 0 Å². The fourth-order valence-corrected chi connectivity index (χ4v) is 6.01. The summed E-state index contributed by atoms with van der Waals surface area (Å²) in [6.45, 7) is 6.69. The molecule has 4 fully saturated rings. The van der Waals surface area contributed by atoms with Gasteiger partial charge in [0.25, 0.3) is 5.91 Å². The van der Waals surface area contributed by atoms with Crippen molar-refractivity contribution in [1.29, 1.82) is 0 Å². The Labute approximate surface area is 184 Å². The minimum absolute atomic E-state index is 0.0217. The molecule has 0 saturated heterocycles. The summed E-state index contributed by atoms with van der Waals surface area (Å²) in [6, 6.07) is -0.816. The van der Waals surface area contributed by atoms with Gasteiger partial charge in [0.05, 0.1) is 6.54 Å². The summed E-state index contributed by atoms with van der Waals surface area (Å²) in [6.07, 6.45) is 6.49. The maximum Gasteiger partial charge on any atom is 0.329 e. The molecular weight excluding hydrogens is 398 g/mol. The highest BCUT2D eigenvalue weighted by Gasteiger charge is 2.55. The number of hydrogen-bond acceptors (Lipinski definition) is 5. The molecule has 0 aromatic heterocycles. The predicted octanol–water partition coefficient (Wildman–Crippen LogP) is 1.53. The molecular formula is C23H37N3O5. The molecule has 0 aliphatic heterocycles. The Bertz CT molecular complexity index is 683. The summed E-state index contributed by atoms with van der Waals surface area (Å²) in [7, 11) is 0. The molecule has 0 heterocycles. The van der Waals surface area contributed by atoms with Crippen LogP contribution in [0.2, 0.25) is 0 Å². The minimum atomic E-state index is -0.794. The van der Waals surface area contributed by atoms with Gasteiger partial charge in [0.1, 0.15) is 6.04 Å². The second kappa shape index (κ2) is 9.57. The van der Waals surface area contributed by atoms with Gasteiger partial charge in [0, 0.05) is 11.5 Å². The highest BCUT2D eigenvalue weighted by molar-refractivity contribution is 5.90. The van der Waals surface area contributed by atoms with Crippen molar-refractivity contribution in [2.75, 3.05) is 13.2 Å². The molecule has 174 valence electrons. The van der Waals surface area contributed by atoms with E-state index in [1.54, 1.807) is 0 Å². The summed E-state index contributed by atoms with van der Waals surface area (Å²) < 4.78 is 5.16. The van der Waals surface area contributed by atoms with E-state index in [0.29, 0.717) is 17.8 Å². The van der Waals surface area contributed by atoms with Crippen molar-refractivity contribution in [3.05, 3.63) is 0 Å². The molecule has 0 aromatic rings. The van der Waals surface area contributed by atoms with Crippen LogP contribution in [0.1, 0.15) is 66.2 Å². The van der Waals surface area contributed by atoms with E-state index < -0.39 is 24.5 Å². The number of carbonyl (C=O) groups is 4. The Morgan fingerprint density at radius 3 is 1.90 bits per heavy atom. The molecule has 31 heavy (non-hydrogen) atoms. The molecule has 4 aliphatic carbocycles. The van der Waals surface area contributed by atoms with Gasteiger partial charge in [0.2, 0.25) is 11.8 Å². The van der Waals surface area contributed by atoms with Gasteiger partial charge < -0.3 is 20.7 Å². The fraction of sp³-hybridized carbons (Fsp3) is 0.826. The van der Waals surface area contributed by atoms with Gasteiger partial charge in [0.15, 0.2) is 6.61 Å². The van der Waals surface area contributed by atoms with Crippen LogP contribution in [0.4, 0.5) is 0 Å². The van der Waals surface area contributed by atoms with Crippen molar-refractivity contribution in [3.8, 4) is 0 Å². The van der Waals surface area contributed by atoms with Crippen LogP contribution in [0.15, 0.2) is 0 Å². The number of amides is 3. The normalized spacial score (nSPS) is 29.5. The number of rotatable bonds is 9. The molecule has 4 saturated carbocycles. The van der Waals surface area contributed by atoms with Crippen LogP contribution in [0.5, 0.6) is 0 Å². The largest absolute Gasteiger partial charge is 0.454 e. The number of carbonyl (C=O) groups excluding carboxylic acids is 4. The smallest absolute Gasteiger partial charge is 0.329 e. The molecule has 3 amide bonds. The summed E-state index contributed by atoms with van der Waals surface area (Å²) in [5.74, 6) is 0.242. The highest BCUT2D eigenvalue weighted by atomic mass is 16.5. The van der Waals surface area contributed by atoms with E-state index in [4.69, 9.17) is 4.74 Å². The van der Waals surface area contributed by atoms with Gasteiger partial charge in [-0.25, -0.2) is 4.79 Å². The number of esters is 1. The standard InChI is InChI=1S/C23H37N3O5/c1-13(2)20(21(29)31-12-19(28)24-11-18(27)25-14(3)4)26-22(30)23-8-15-5-16(9-23)7-17(6-15)10-23/h13-17,20H,5-12H2,1-4H3,(H,24,28)(H,25,27)(H,26,30)/t15?,16?,17?,20-,23?/m0/s1.